The molecule has 0 unspecified atom stereocenters. The van der Waals surface area contributed by atoms with Gasteiger partial charge in [0, 0.05) is 32.4 Å². The molecule has 0 aliphatic heterocycles. The average Bonchev–Trinajstić information content (AvgIpc) is 2.44. The molecule has 0 amide bonds. The molecule has 0 saturated carbocycles. The lowest BCUT2D eigenvalue weighted by atomic mass is 10.3. The van der Waals surface area contributed by atoms with Gasteiger partial charge in [-0.1, -0.05) is 13.3 Å². The Kier molecular flexibility index (Phi) is 8.85. The smallest absolute Gasteiger partial charge is 0.119 e. The van der Waals surface area contributed by atoms with Crippen molar-refractivity contribution in [3.05, 3.63) is 24.3 Å². The molecule has 0 aliphatic carbocycles. The third-order valence-corrected chi connectivity index (χ3v) is 2.73. The molecule has 0 radical (unpaired) electrons. The summed E-state index contributed by atoms with van der Waals surface area (Å²) in [7, 11) is 1.71. The highest BCUT2D eigenvalue weighted by molar-refractivity contribution is 5.46. The number of benzene rings is 1. The predicted octanol–water partition coefficient (Wildman–Crippen LogP) is 2.51. The highest BCUT2D eigenvalue weighted by atomic mass is 16.5. The molecular formula is C15H26N2O2. The van der Waals surface area contributed by atoms with Crippen LogP contribution in [0, 0.1) is 0 Å². The maximum Gasteiger partial charge on any atom is 0.119 e. The zero-order valence-electron chi connectivity index (χ0n) is 12.1. The molecule has 0 saturated heterocycles. The fraction of sp³-hybridized carbons (Fsp3) is 0.600. The molecule has 0 fully saturated rings. The van der Waals surface area contributed by atoms with Crippen molar-refractivity contribution in [1.29, 1.82) is 0 Å². The minimum absolute atomic E-state index is 0.754. The minimum Gasteiger partial charge on any atom is -0.494 e. The van der Waals surface area contributed by atoms with Crippen LogP contribution in [0.3, 0.4) is 0 Å². The predicted molar refractivity (Wildman–Crippen MR) is 80.1 cm³/mol. The molecule has 0 spiro atoms. The van der Waals surface area contributed by atoms with Gasteiger partial charge in [-0.3, -0.25) is 0 Å². The first-order chi connectivity index (χ1) is 9.36. The molecule has 0 atom stereocenters. The van der Waals surface area contributed by atoms with E-state index in [-0.39, 0.29) is 0 Å². The molecule has 0 aromatic heterocycles. The van der Waals surface area contributed by atoms with Gasteiger partial charge in [0.05, 0.1) is 13.2 Å². The van der Waals surface area contributed by atoms with Gasteiger partial charge in [0.1, 0.15) is 5.75 Å². The lowest BCUT2D eigenvalue weighted by Gasteiger charge is -2.09. The number of hydrogen-bond acceptors (Lipinski definition) is 4. The Morgan fingerprint density at radius 1 is 1.00 bits per heavy atom. The van der Waals surface area contributed by atoms with Gasteiger partial charge in [0.15, 0.2) is 0 Å². The van der Waals surface area contributed by atoms with Crippen LogP contribution in [0.1, 0.15) is 19.8 Å². The van der Waals surface area contributed by atoms with E-state index in [9.17, 15) is 0 Å². The van der Waals surface area contributed by atoms with Gasteiger partial charge in [0.25, 0.3) is 0 Å². The summed E-state index contributed by atoms with van der Waals surface area (Å²) in [5, 5.41) is 6.65. The fourth-order valence-electron chi connectivity index (χ4n) is 1.60. The van der Waals surface area contributed by atoms with Crippen LogP contribution in [0.15, 0.2) is 24.3 Å². The topological polar surface area (TPSA) is 42.5 Å². The van der Waals surface area contributed by atoms with E-state index in [1.54, 1.807) is 7.11 Å². The largest absolute Gasteiger partial charge is 0.494 e. The van der Waals surface area contributed by atoms with Crippen molar-refractivity contribution < 1.29 is 9.47 Å². The molecular weight excluding hydrogens is 240 g/mol. The van der Waals surface area contributed by atoms with E-state index in [4.69, 9.17) is 9.47 Å². The normalized spacial score (nSPS) is 10.4. The lowest BCUT2D eigenvalue weighted by Crippen LogP contribution is -2.25. The van der Waals surface area contributed by atoms with Crippen molar-refractivity contribution in [3.63, 3.8) is 0 Å². The average molecular weight is 266 g/mol. The number of rotatable bonds is 11. The second kappa shape index (κ2) is 10.6. The van der Waals surface area contributed by atoms with Crippen LogP contribution < -0.4 is 15.4 Å². The van der Waals surface area contributed by atoms with Crippen molar-refractivity contribution in [2.24, 2.45) is 0 Å². The summed E-state index contributed by atoms with van der Waals surface area (Å²) < 4.78 is 10.6. The molecule has 1 aromatic carbocycles. The quantitative estimate of drug-likeness (QED) is 0.604. The first kappa shape index (κ1) is 15.8. The first-order valence-electron chi connectivity index (χ1n) is 7.03. The molecule has 0 bridgehead atoms. The number of hydrogen-bond donors (Lipinski definition) is 2. The van der Waals surface area contributed by atoms with Gasteiger partial charge in [-0.05, 0) is 30.7 Å². The molecule has 0 aliphatic rings. The van der Waals surface area contributed by atoms with E-state index in [2.05, 4.69) is 29.7 Å². The first-order valence-corrected chi connectivity index (χ1v) is 7.03. The van der Waals surface area contributed by atoms with Gasteiger partial charge in [-0.15, -0.1) is 0 Å². The van der Waals surface area contributed by atoms with E-state index in [1.807, 2.05) is 12.1 Å². The molecule has 4 nitrogen and oxygen atoms in total. The Morgan fingerprint density at radius 3 is 2.47 bits per heavy atom. The van der Waals surface area contributed by atoms with Gasteiger partial charge >= 0.3 is 0 Å². The highest BCUT2D eigenvalue weighted by Crippen LogP contribution is 2.15. The van der Waals surface area contributed by atoms with Crippen molar-refractivity contribution >= 4 is 5.69 Å². The highest BCUT2D eigenvalue weighted by Gasteiger charge is 1.95. The monoisotopic (exact) mass is 266 g/mol. The molecule has 2 N–H and O–H groups in total. The number of methoxy groups -OCH3 is 1. The summed E-state index contributed by atoms with van der Waals surface area (Å²) in [6.07, 6.45) is 2.27. The Bertz CT molecular complexity index is 314. The molecule has 4 heteroatoms. The van der Waals surface area contributed by atoms with E-state index in [0.29, 0.717) is 0 Å². The van der Waals surface area contributed by atoms with Crippen LogP contribution in [0.25, 0.3) is 0 Å². The van der Waals surface area contributed by atoms with Crippen LogP contribution in [-0.2, 0) is 4.74 Å². The Hall–Kier alpha value is -1.26. The van der Waals surface area contributed by atoms with Crippen LogP contribution in [0.2, 0.25) is 0 Å². The number of nitrogens with one attached hydrogen (secondary N) is 2. The van der Waals surface area contributed by atoms with Gasteiger partial charge in [-0.25, -0.2) is 0 Å². The maximum atomic E-state index is 5.62. The molecule has 19 heavy (non-hydrogen) atoms. The fourth-order valence-corrected chi connectivity index (χ4v) is 1.60. The summed E-state index contributed by atoms with van der Waals surface area (Å²) in [6, 6.07) is 8.12. The summed E-state index contributed by atoms with van der Waals surface area (Å²) >= 11 is 0. The van der Waals surface area contributed by atoms with Crippen molar-refractivity contribution in [3.8, 4) is 5.75 Å². The van der Waals surface area contributed by atoms with Crippen molar-refractivity contribution in [1.82, 2.24) is 5.32 Å². The summed E-state index contributed by atoms with van der Waals surface area (Å²) in [5.74, 6) is 0.942. The van der Waals surface area contributed by atoms with Crippen LogP contribution in [-0.4, -0.2) is 40.0 Å². The zero-order chi connectivity index (χ0) is 13.8. The van der Waals surface area contributed by atoms with E-state index < -0.39 is 0 Å². The summed E-state index contributed by atoms with van der Waals surface area (Å²) in [4.78, 5) is 0. The number of anilines is 1. The maximum absolute atomic E-state index is 5.62. The molecule has 0 heterocycles. The van der Waals surface area contributed by atoms with Crippen LogP contribution in [0.4, 0.5) is 5.69 Å². The molecule has 1 rings (SSSR count). The second-order valence-electron chi connectivity index (χ2n) is 4.40. The molecule has 1 aromatic rings. The second-order valence-corrected chi connectivity index (χ2v) is 4.40. The number of ether oxygens (including phenoxy) is 2. The lowest BCUT2D eigenvalue weighted by molar-refractivity contribution is 0.200. The van der Waals surface area contributed by atoms with Crippen LogP contribution >= 0.6 is 0 Å². The SMILES string of the molecule is CCCCOc1ccc(NCCNCCOC)cc1. The Morgan fingerprint density at radius 2 is 1.79 bits per heavy atom. The van der Waals surface area contributed by atoms with Gasteiger partial charge in [0.2, 0.25) is 0 Å². The summed E-state index contributed by atoms with van der Waals surface area (Å²) in [5.41, 5.74) is 1.12. The Balaban J connectivity index is 2.13. The van der Waals surface area contributed by atoms with Gasteiger partial charge in [-0.2, -0.15) is 0 Å². The third kappa shape index (κ3) is 7.70. The third-order valence-electron chi connectivity index (χ3n) is 2.73. The zero-order valence-corrected chi connectivity index (χ0v) is 12.1. The van der Waals surface area contributed by atoms with Crippen LogP contribution in [0.5, 0.6) is 5.75 Å². The summed E-state index contributed by atoms with van der Waals surface area (Å²) in [6.45, 7) is 6.44. The standard InChI is InChI=1S/C15H26N2O2/c1-3-4-12-19-15-7-5-14(6-8-15)17-10-9-16-11-13-18-2/h5-8,16-17H,3-4,9-13H2,1-2H3. The van der Waals surface area contributed by atoms with E-state index in [1.165, 1.54) is 0 Å². The molecule has 108 valence electrons. The van der Waals surface area contributed by atoms with E-state index in [0.717, 1.165) is 57.1 Å². The van der Waals surface area contributed by atoms with Crippen molar-refractivity contribution in [2.75, 3.05) is 45.3 Å². The number of unbranched alkanes of at least 4 members (excludes halogenated alkanes) is 1. The van der Waals surface area contributed by atoms with E-state index >= 15 is 0 Å². The minimum atomic E-state index is 0.754. The van der Waals surface area contributed by atoms with Crippen molar-refractivity contribution in [2.45, 2.75) is 19.8 Å². The van der Waals surface area contributed by atoms with Gasteiger partial charge < -0.3 is 20.1 Å². The Labute approximate surface area is 116 Å².